The van der Waals surface area contributed by atoms with Gasteiger partial charge < -0.3 is 4.74 Å². The lowest BCUT2D eigenvalue weighted by Gasteiger charge is -2.04. The Balaban J connectivity index is 2.69. The molecule has 0 aliphatic heterocycles. The Hall–Kier alpha value is -1.16. The largest absolute Gasteiger partial charge is 0.468 e. The van der Waals surface area contributed by atoms with E-state index in [1.54, 1.807) is 0 Å². The number of carbonyl (C=O) groups is 1. The van der Waals surface area contributed by atoms with Crippen molar-refractivity contribution in [3.8, 4) is 0 Å². The van der Waals surface area contributed by atoms with Gasteiger partial charge in [-0.1, -0.05) is 11.6 Å². The van der Waals surface area contributed by atoms with Crippen LogP contribution in [0.2, 0.25) is 5.15 Å². The van der Waals surface area contributed by atoms with E-state index in [9.17, 15) is 4.79 Å². The number of halogens is 1. The molecule has 0 saturated heterocycles. The topological polar surface area (TPSA) is 52.1 Å². The van der Waals surface area contributed by atoms with E-state index in [-0.39, 0.29) is 0 Å². The first kappa shape index (κ1) is 9.92. The summed E-state index contributed by atoms with van der Waals surface area (Å²) in [5.41, 5.74) is 1.64. The van der Waals surface area contributed by atoms with Gasteiger partial charge in [-0.15, -0.1) is 0 Å². The van der Waals surface area contributed by atoms with Crippen molar-refractivity contribution in [2.45, 2.75) is 13.3 Å². The number of aryl methyl sites for hydroxylation is 1. The van der Waals surface area contributed by atoms with E-state index in [1.807, 2.05) is 6.92 Å². The molecule has 4 nitrogen and oxygen atoms in total. The minimum atomic E-state index is 0.303. The van der Waals surface area contributed by atoms with Crippen LogP contribution in [0.15, 0.2) is 6.33 Å². The molecule has 0 aliphatic carbocycles. The van der Waals surface area contributed by atoms with Crippen LogP contribution in [0.5, 0.6) is 0 Å². The standard InChI is InChI=1S/C8H9ClN2O2/c1-6-7(2-3-13-5-12)8(9)11-4-10-6/h4-5H,2-3H2,1H3. The van der Waals surface area contributed by atoms with Gasteiger partial charge in [0.25, 0.3) is 6.47 Å². The van der Waals surface area contributed by atoms with Gasteiger partial charge in [-0.05, 0) is 6.92 Å². The monoisotopic (exact) mass is 200 g/mol. The predicted molar refractivity (Wildman–Crippen MR) is 47.5 cm³/mol. The molecule has 1 aromatic rings. The molecule has 0 atom stereocenters. The third-order valence-corrected chi connectivity index (χ3v) is 1.97. The lowest BCUT2D eigenvalue weighted by molar-refractivity contribution is -0.128. The molecule has 0 amide bonds. The summed E-state index contributed by atoms with van der Waals surface area (Å²) in [6, 6.07) is 0. The molecule has 1 rings (SSSR count). The lowest BCUT2D eigenvalue weighted by Crippen LogP contribution is -2.02. The molecule has 0 aliphatic rings. The zero-order valence-corrected chi connectivity index (χ0v) is 7.91. The predicted octanol–water partition coefficient (Wildman–Crippen LogP) is 1.15. The molecule has 1 heterocycles. The summed E-state index contributed by atoms with van der Waals surface area (Å²) in [6.45, 7) is 2.55. The highest BCUT2D eigenvalue weighted by Gasteiger charge is 2.05. The smallest absolute Gasteiger partial charge is 0.293 e. The van der Waals surface area contributed by atoms with Crippen molar-refractivity contribution in [3.05, 3.63) is 22.7 Å². The highest BCUT2D eigenvalue weighted by atomic mass is 35.5. The van der Waals surface area contributed by atoms with Gasteiger partial charge in [0.15, 0.2) is 0 Å². The van der Waals surface area contributed by atoms with Crippen molar-refractivity contribution in [2.75, 3.05) is 6.61 Å². The van der Waals surface area contributed by atoms with Crippen LogP contribution in [0.25, 0.3) is 0 Å². The fourth-order valence-electron chi connectivity index (χ4n) is 0.964. The van der Waals surface area contributed by atoms with Gasteiger partial charge in [-0.2, -0.15) is 0 Å². The first-order chi connectivity index (χ1) is 6.25. The molecule has 0 N–H and O–H groups in total. The van der Waals surface area contributed by atoms with Crippen molar-refractivity contribution in [3.63, 3.8) is 0 Å². The molecule has 0 saturated carbocycles. The van der Waals surface area contributed by atoms with Gasteiger partial charge in [-0.3, -0.25) is 4.79 Å². The van der Waals surface area contributed by atoms with Crippen LogP contribution in [-0.4, -0.2) is 23.0 Å². The molecule has 0 aromatic carbocycles. The molecular formula is C8H9ClN2O2. The van der Waals surface area contributed by atoms with E-state index in [0.29, 0.717) is 24.7 Å². The fraction of sp³-hybridized carbons (Fsp3) is 0.375. The van der Waals surface area contributed by atoms with Crippen molar-refractivity contribution in [1.82, 2.24) is 9.97 Å². The molecule has 0 radical (unpaired) electrons. The molecule has 13 heavy (non-hydrogen) atoms. The van der Waals surface area contributed by atoms with Crippen LogP contribution in [0.1, 0.15) is 11.3 Å². The normalized spacial score (nSPS) is 9.69. The molecule has 5 heteroatoms. The summed E-state index contributed by atoms with van der Waals surface area (Å²) < 4.78 is 4.55. The van der Waals surface area contributed by atoms with Crippen LogP contribution < -0.4 is 0 Å². The van der Waals surface area contributed by atoms with Crippen LogP contribution >= 0.6 is 11.6 Å². The number of hydrogen-bond donors (Lipinski definition) is 0. The number of aromatic nitrogens is 2. The summed E-state index contributed by atoms with van der Waals surface area (Å²) in [5, 5.41) is 0.419. The Labute approximate surface area is 80.9 Å². The second kappa shape index (κ2) is 4.77. The Morgan fingerprint density at radius 1 is 1.62 bits per heavy atom. The van der Waals surface area contributed by atoms with Crippen LogP contribution in [-0.2, 0) is 16.0 Å². The van der Waals surface area contributed by atoms with Crippen LogP contribution in [0, 0.1) is 6.92 Å². The summed E-state index contributed by atoms with van der Waals surface area (Å²) in [7, 11) is 0. The third kappa shape index (κ3) is 2.66. The fourth-order valence-corrected chi connectivity index (χ4v) is 1.24. The average Bonchev–Trinajstić information content (AvgIpc) is 2.10. The summed E-state index contributed by atoms with van der Waals surface area (Å²) in [6.07, 6.45) is 1.95. The average molecular weight is 201 g/mol. The van der Waals surface area contributed by atoms with E-state index in [0.717, 1.165) is 11.3 Å². The Kier molecular flexibility index (Phi) is 3.64. The third-order valence-electron chi connectivity index (χ3n) is 1.65. The molecule has 1 aromatic heterocycles. The zero-order chi connectivity index (χ0) is 9.68. The van der Waals surface area contributed by atoms with E-state index < -0.39 is 0 Å². The lowest BCUT2D eigenvalue weighted by atomic mass is 10.2. The van der Waals surface area contributed by atoms with Gasteiger partial charge in [0.05, 0.1) is 6.61 Å². The van der Waals surface area contributed by atoms with E-state index in [4.69, 9.17) is 11.6 Å². The first-order valence-corrected chi connectivity index (χ1v) is 4.14. The van der Waals surface area contributed by atoms with Gasteiger partial charge in [0.1, 0.15) is 11.5 Å². The number of ether oxygens (including phenoxy) is 1. The molecular weight excluding hydrogens is 192 g/mol. The van der Waals surface area contributed by atoms with Crippen LogP contribution in [0.3, 0.4) is 0 Å². The Morgan fingerprint density at radius 3 is 3.00 bits per heavy atom. The quantitative estimate of drug-likeness (QED) is 0.416. The van der Waals surface area contributed by atoms with Crippen LogP contribution in [0.4, 0.5) is 0 Å². The number of hydrogen-bond acceptors (Lipinski definition) is 4. The van der Waals surface area contributed by atoms with Gasteiger partial charge >= 0.3 is 0 Å². The Morgan fingerprint density at radius 2 is 2.38 bits per heavy atom. The SMILES string of the molecule is Cc1ncnc(Cl)c1CCOC=O. The summed E-state index contributed by atoms with van der Waals surface area (Å²) in [5.74, 6) is 0. The minimum absolute atomic E-state index is 0.303. The van der Waals surface area contributed by atoms with E-state index in [2.05, 4.69) is 14.7 Å². The maximum Gasteiger partial charge on any atom is 0.293 e. The number of rotatable bonds is 4. The molecule has 0 spiro atoms. The summed E-state index contributed by atoms with van der Waals surface area (Å²) >= 11 is 5.81. The summed E-state index contributed by atoms with van der Waals surface area (Å²) in [4.78, 5) is 17.7. The van der Waals surface area contributed by atoms with Gasteiger partial charge in [-0.25, -0.2) is 9.97 Å². The van der Waals surface area contributed by atoms with Crippen molar-refractivity contribution >= 4 is 18.1 Å². The van der Waals surface area contributed by atoms with E-state index in [1.165, 1.54) is 6.33 Å². The Bertz CT molecular complexity index is 284. The second-order valence-corrected chi connectivity index (χ2v) is 2.80. The van der Waals surface area contributed by atoms with Gasteiger partial charge in [0, 0.05) is 17.7 Å². The number of nitrogens with zero attached hydrogens (tertiary/aromatic N) is 2. The maximum atomic E-state index is 9.88. The molecule has 0 fully saturated rings. The van der Waals surface area contributed by atoms with Crippen molar-refractivity contribution in [2.24, 2.45) is 0 Å². The van der Waals surface area contributed by atoms with Crippen molar-refractivity contribution in [1.29, 1.82) is 0 Å². The molecule has 0 bridgehead atoms. The second-order valence-electron chi connectivity index (χ2n) is 2.45. The van der Waals surface area contributed by atoms with E-state index >= 15 is 0 Å². The minimum Gasteiger partial charge on any atom is -0.468 e. The first-order valence-electron chi connectivity index (χ1n) is 3.77. The zero-order valence-electron chi connectivity index (χ0n) is 7.16. The maximum absolute atomic E-state index is 9.88. The molecule has 70 valence electrons. The molecule has 0 unspecified atom stereocenters. The van der Waals surface area contributed by atoms with Gasteiger partial charge in [0.2, 0.25) is 0 Å². The highest BCUT2D eigenvalue weighted by Crippen LogP contribution is 2.14. The number of carbonyl (C=O) groups excluding carboxylic acids is 1. The highest BCUT2D eigenvalue weighted by molar-refractivity contribution is 6.30. The van der Waals surface area contributed by atoms with Crippen molar-refractivity contribution < 1.29 is 9.53 Å².